The third kappa shape index (κ3) is 4.49. The maximum atomic E-state index is 12.9. The standard InChI is InChI=1S/C24H25NO6/c1-28-11-9-25(10-12-29-2)15-19-20(26)8-7-18-23(27)22(31-24(18)19)14-17-13-16-5-3-4-6-21(16)30-17/h3-8,13-14,26H,9-12,15H2,1-2H3. The molecule has 0 bridgehead atoms. The van der Waals surface area contributed by atoms with Crippen molar-refractivity contribution in [3.8, 4) is 11.5 Å². The van der Waals surface area contributed by atoms with Gasteiger partial charge in [0.2, 0.25) is 5.78 Å². The number of fused-ring (bicyclic) bond motifs is 2. The Balaban J connectivity index is 1.62. The Kier molecular flexibility index (Phi) is 6.36. The van der Waals surface area contributed by atoms with Gasteiger partial charge in [-0.05, 0) is 18.2 Å². The van der Waals surface area contributed by atoms with Crippen LogP contribution in [0.1, 0.15) is 21.7 Å². The smallest absolute Gasteiger partial charge is 0.232 e. The highest BCUT2D eigenvalue weighted by molar-refractivity contribution is 6.14. The predicted octanol–water partition coefficient (Wildman–Crippen LogP) is 1.80. The largest absolute Gasteiger partial charge is 0.872 e. The fourth-order valence-corrected chi connectivity index (χ4v) is 3.70. The quantitative estimate of drug-likeness (QED) is 0.529. The number of benzene rings is 2. The number of carbonyl (C=O) groups excluding carboxylic acids is 1. The first-order valence-electron chi connectivity index (χ1n) is 10.2. The predicted molar refractivity (Wildman–Crippen MR) is 113 cm³/mol. The summed E-state index contributed by atoms with van der Waals surface area (Å²) in [5.41, 5.74) is 1.62. The number of nitrogens with one attached hydrogen (secondary N) is 1. The summed E-state index contributed by atoms with van der Waals surface area (Å²) in [4.78, 5) is 14.0. The number of furan rings is 1. The van der Waals surface area contributed by atoms with Gasteiger partial charge in [-0.1, -0.05) is 30.0 Å². The molecule has 0 unspecified atom stereocenters. The van der Waals surface area contributed by atoms with Crippen molar-refractivity contribution in [1.29, 1.82) is 0 Å². The third-order valence-corrected chi connectivity index (χ3v) is 5.36. The van der Waals surface area contributed by atoms with Crippen LogP contribution in [-0.4, -0.2) is 46.3 Å². The number of hydrogen-bond acceptors (Lipinski definition) is 6. The molecule has 1 N–H and O–H groups in total. The second-order valence-electron chi connectivity index (χ2n) is 7.46. The molecule has 1 aromatic heterocycles. The summed E-state index contributed by atoms with van der Waals surface area (Å²) < 4.78 is 22.1. The number of allylic oxidation sites excluding steroid dienone is 1. The first-order valence-corrected chi connectivity index (χ1v) is 10.2. The van der Waals surface area contributed by atoms with Gasteiger partial charge in [0.15, 0.2) is 5.76 Å². The third-order valence-electron chi connectivity index (χ3n) is 5.36. The van der Waals surface area contributed by atoms with Gasteiger partial charge in [0.1, 0.15) is 36.7 Å². The molecule has 2 aromatic carbocycles. The van der Waals surface area contributed by atoms with Gasteiger partial charge in [0.25, 0.3) is 0 Å². The summed E-state index contributed by atoms with van der Waals surface area (Å²) in [5.74, 6) is 0.605. The molecule has 0 spiro atoms. The second-order valence-corrected chi connectivity index (χ2v) is 7.46. The van der Waals surface area contributed by atoms with Gasteiger partial charge in [-0.15, -0.1) is 0 Å². The van der Waals surface area contributed by atoms with Crippen LogP contribution in [0.3, 0.4) is 0 Å². The molecule has 3 aromatic rings. The number of hydrogen-bond donors (Lipinski definition) is 1. The van der Waals surface area contributed by atoms with Crippen LogP contribution in [-0.2, 0) is 16.0 Å². The molecule has 162 valence electrons. The van der Waals surface area contributed by atoms with Crippen LogP contribution in [0.15, 0.2) is 52.6 Å². The van der Waals surface area contributed by atoms with E-state index in [1.54, 1.807) is 20.3 Å². The van der Waals surface area contributed by atoms with Crippen molar-refractivity contribution >= 4 is 22.8 Å². The molecule has 0 atom stereocenters. The Bertz CT molecular complexity index is 1080. The SMILES string of the molecule is COCC[NH+](CCOC)Cc1c([O-])ccc2c1OC(=Cc1cc3ccccc3o1)C2=O. The summed E-state index contributed by atoms with van der Waals surface area (Å²) in [5, 5.41) is 13.6. The highest BCUT2D eigenvalue weighted by Crippen LogP contribution is 2.38. The summed E-state index contributed by atoms with van der Waals surface area (Å²) >= 11 is 0. The van der Waals surface area contributed by atoms with Gasteiger partial charge in [0.05, 0.1) is 18.8 Å². The Labute approximate surface area is 180 Å². The van der Waals surface area contributed by atoms with Crippen molar-refractivity contribution in [3.63, 3.8) is 0 Å². The zero-order chi connectivity index (χ0) is 21.8. The molecule has 7 nitrogen and oxygen atoms in total. The Morgan fingerprint density at radius 1 is 1.06 bits per heavy atom. The Morgan fingerprint density at radius 3 is 2.52 bits per heavy atom. The average molecular weight is 423 g/mol. The van der Waals surface area contributed by atoms with Crippen LogP contribution in [0, 0.1) is 0 Å². The van der Waals surface area contributed by atoms with E-state index in [4.69, 9.17) is 18.6 Å². The monoisotopic (exact) mass is 423 g/mol. The highest BCUT2D eigenvalue weighted by Gasteiger charge is 2.31. The minimum absolute atomic E-state index is 0.149. The lowest BCUT2D eigenvalue weighted by molar-refractivity contribution is -0.914. The number of quaternary nitrogens is 1. The topological polar surface area (TPSA) is 85.4 Å². The molecular weight excluding hydrogens is 398 g/mol. The van der Waals surface area contributed by atoms with Gasteiger partial charge >= 0.3 is 0 Å². The fourth-order valence-electron chi connectivity index (χ4n) is 3.70. The number of ether oxygens (including phenoxy) is 3. The van der Waals surface area contributed by atoms with Crippen LogP contribution in [0.2, 0.25) is 0 Å². The van der Waals surface area contributed by atoms with E-state index in [-0.39, 0.29) is 17.3 Å². The number of para-hydroxylation sites is 1. The van der Waals surface area contributed by atoms with Crippen LogP contribution in [0.5, 0.6) is 11.5 Å². The van der Waals surface area contributed by atoms with E-state index in [1.165, 1.54) is 12.1 Å². The normalized spacial score (nSPS) is 14.5. The fraction of sp³-hybridized carbons (Fsp3) is 0.292. The maximum Gasteiger partial charge on any atom is 0.232 e. The molecule has 0 aliphatic carbocycles. The summed E-state index contributed by atoms with van der Waals surface area (Å²) in [6, 6.07) is 12.4. The molecule has 31 heavy (non-hydrogen) atoms. The van der Waals surface area contributed by atoms with Crippen molar-refractivity contribution < 1.29 is 33.4 Å². The van der Waals surface area contributed by atoms with Gasteiger partial charge in [-0.25, -0.2) is 0 Å². The van der Waals surface area contributed by atoms with Crippen LogP contribution >= 0.6 is 0 Å². The second kappa shape index (κ2) is 9.34. The van der Waals surface area contributed by atoms with Crippen molar-refractivity contribution in [3.05, 3.63) is 65.1 Å². The summed E-state index contributed by atoms with van der Waals surface area (Å²) in [6.45, 7) is 2.94. The summed E-state index contributed by atoms with van der Waals surface area (Å²) in [6.07, 6.45) is 1.58. The number of carbonyl (C=O) groups is 1. The molecule has 4 rings (SSSR count). The lowest BCUT2D eigenvalue weighted by Gasteiger charge is -2.23. The molecule has 0 fully saturated rings. The molecule has 7 heteroatoms. The van der Waals surface area contributed by atoms with Crippen LogP contribution in [0.25, 0.3) is 17.0 Å². The summed E-state index contributed by atoms with van der Waals surface area (Å²) in [7, 11) is 3.29. The van der Waals surface area contributed by atoms with E-state index in [1.807, 2.05) is 30.3 Å². The van der Waals surface area contributed by atoms with E-state index in [9.17, 15) is 9.90 Å². The van der Waals surface area contributed by atoms with Crippen LogP contribution in [0.4, 0.5) is 0 Å². The van der Waals surface area contributed by atoms with E-state index in [0.717, 1.165) is 15.9 Å². The van der Waals surface area contributed by atoms with Gasteiger partial charge in [0, 0.05) is 31.2 Å². The van der Waals surface area contributed by atoms with E-state index < -0.39 is 0 Å². The zero-order valence-electron chi connectivity index (χ0n) is 17.6. The molecule has 1 aliphatic rings. The van der Waals surface area contributed by atoms with E-state index in [0.29, 0.717) is 55.5 Å². The molecular formula is C24H25NO6. The Morgan fingerprint density at radius 2 is 1.81 bits per heavy atom. The van der Waals surface area contributed by atoms with E-state index in [2.05, 4.69) is 0 Å². The van der Waals surface area contributed by atoms with E-state index >= 15 is 0 Å². The minimum atomic E-state index is -0.257. The molecule has 2 heterocycles. The molecule has 1 aliphatic heterocycles. The maximum absolute atomic E-state index is 12.9. The number of ketones is 1. The minimum Gasteiger partial charge on any atom is -0.872 e. The van der Waals surface area contributed by atoms with Crippen molar-refractivity contribution in [1.82, 2.24) is 0 Å². The first kappa shape index (κ1) is 21.1. The van der Waals surface area contributed by atoms with Crippen molar-refractivity contribution in [2.24, 2.45) is 0 Å². The zero-order valence-corrected chi connectivity index (χ0v) is 17.6. The number of methoxy groups -OCH3 is 2. The van der Waals surface area contributed by atoms with Crippen molar-refractivity contribution in [2.45, 2.75) is 6.54 Å². The highest BCUT2D eigenvalue weighted by atomic mass is 16.5. The molecule has 0 amide bonds. The average Bonchev–Trinajstić information content (AvgIpc) is 3.32. The number of rotatable bonds is 9. The van der Waals surface area contributed by atoms with Gasteiger partial charge in [-0.2, -0.15) is 0 Å². The number of Topliss-reactive ketones (excluding diaryl/α,β-unsaturated/α-hetero) is 1. The molecule has 0 saturated heterocycles. The molecule has 0 saturated carbocycles. The lowest BCUT2D eigenvalue weighted by Crippen LogP contribution is -3.11. The lowest BCUT2D eigenvalue weighted by atomic mass is 10.0. The van der Waals surface area contributed by atoms with Crippen LogP contribution < -0.4 is 14.7 Å². The Hall–Kier alpha value is -3.13. The first-order chi connectivity index (χ1) is 15.1. The van der Waals surface area contributed by atoms with Gasteiger partial charge < -0.3 is 28.6 Å². The molecule has 0 radical (unpaired) electrons. The van der Waals surface area contributed by atoms with Gasteiger partial charge in [-0.3, -0.25) is 4.79 Å². The van der Waals surface area contributed by atoms with Crippen molar-refractivity contribution in [2.75, 3.05) is 40.5 Å².